The Morgan fingerprint density at radius 2 is 0.825 bits per heavy atom. The number of hydrogen-bond acceptors (Lipinski definition) is 16. The SMILES string of the molecule is CC[C@H](C)[C@H](N)C(=O)N[C@@H](CC(C)C)C(=O)N[C@@H](CC(C)C)C(=O)N[C@@H](CO)C(=O)N[C@@H](CCC(=O)O)C(=O)N[C@@H](CC(C)C)C(=O)N[C@@H](COP(=O)(O)O)C(=O)N[C@@H](CCCN=C(N)N)C(=O)N[C@@H](CCCN=C(N)N)C(=O)O. The first-order chi connectivity index (χ1) is 37.1. The van der Waals surface area contributed by atoms with Crippen LogP contribution in [0.15, 0.2) is 9.98 Å². The van der Waals surface area contributed by atoms with Crippen molar-refractivity contribution < 1.29 is 82.1 Å². The second-order valence-corrected chi connectivity index (χ2v) is 21.7. The minimum absolute atomic E-state index is 0.00400. The van der Waals surface area contributed by atoms with Crippen LogP contribution in [0.1, 0.15) is 120 Å². The summed E-state index contributed by atoms with van der Waals surface area (Å²) in [7, 11) is -5.38. The first-order valence-electron chi connectivity index (χ1n) is 26.2. The number of aliphatic carboxylic acids is 2. The topological polar surface area (TPSA) is 549 Å². The number of aliphatic imine (C=N–C) groups is 2. The number of amides is 8. The number of nitrogens with one attached hydrogen (secondary N) is 8. The van der Waals surface area contributed by atoms with E-state index in [0.717, 1.165) is 0 Å². The first-order valence-corrected chi connectivity index (χ1v) is 27.7. The highest BCUT2D eigenvalue weighted by Gasteiger charge is 2.37. The van der Waals surface area contributed by atoms with Gasteiger partial charge in [0, 0.05) is 19.5 Å². The minimum atomic E-state index is -5.38. The number of carboxylic acid groups (broad SMARTS) is 2. The molecule has 80 heavy (non-hydrogen) atoms. The van der Waals surface area contributed by atoms with Crippen LogP contribution in [0, 0.1) is 23.7 Å². The number of hydrogen-bond donors (Lipinski definition) is 18. The predicted molar refractivity (Wildman–Crippen MR) is 291 cm³/mol. The Morgan fingerprint density at radius 3 is 1.19 bits per heavy atom. The Bertz CT molecular complexity index is 2170. The maximum atomic E-state index is 14.1. The quantitative estimate of drug-likeness (QED) is 0.0119. The van der Waals surface area contributed by atoms with Crippen molar-refractivity contribution in [2.24, 2.45) is 62.3 Å². The lowest BCUT2D eigenvalue weighted by atomic mass is 9.97. The van der Waals surface area contributed by atoms with E-state index in [-0.39, 0.29) is 87.7 Å². The van der Waals surface area contributed by atoms with Gasteiger partial charge >= 0.3 is 19.8 Å². The predicted octanol–water partition coefficient (Wildman–Crippen LogP) is -4.47. The number of aliphatic hydroxyl groups is 1. The molecule has 33 heteroatoms. The molecule has 0 bridgehead atoms. The Morgan fingerprint density at radius 1 is 0.500 bits per heavy atom. The van der Waals surface area contributed by atoms with Crippen LogP contribution in [0.2, 0.25) is 0 Å². The van der Waals surface area contributed by atoms with E-state index in [1.807, 2.05) is 20.8 Å². The van der Waals surface area contributed by atoms with Gasteiger partial charge in [0.2, 0.25) is 47.3 Å². The maximum Gasteiger partial charge on any atom is 0.469 e. The molecule has 0 heterocycles. The van der Waals surface area contributed by atoms with Gasteiger partial charge in [0.1, 0.15) is 48.3 Å². The number of aliphatic hydroxyl groups excluding tert-OH is 1. The Balaban J connectivity index is 6.84. The summed E-state index contributed by atoms with van der Waals surface area (Å²) in [5.41, 5.74) is 27.5. The molecule has 0 aliphatic carbocycles. The van der Waals surface area contributed by atoms with Gasteiger partial charge in [-0.2, -0.15) is 0 Å². The normalized spacial score (nSPS) is 15.2. The molecule has 458 valence electrons. The number of phosphoric ester groups is 1. The Hall–Kier alpha value is -6.73. The van der Waals surface area contributed by atoms with Gasteiger partial charge in [-0.1, -0.05) is 61.8 Å². The van der Waals surface area contributed by atoms with E-state index in [9.17, 15) is 77.6 Å². The summed E-state index contributed by atoms with van der Waals surface area (Å²) in [6, 6.07) is -13.8. The lowest BCUT2D eigenvalue weighted by molar-refractivity contribution is -0.142. The van der Waals surface area contributed by atoms with Gasteiger partial charge < -0.3 is 96.3 Å². The second kappa shape index (κ2) is 37.3. The van der Waals surface area contributed by atoms with Crippen LogP contribution in [-0.2, 0) is 57.0 Å². The summed E-state index contributed by atoms with van der Waals surface area (Å²) in [6.07, 6.45) is -1.21. The number of rotatable bonds is 40. The highest BCUT2D eigenvalue weighted by Crippen LogP contribution is 2.35. The van der Waals surface area contributed by atoms with E-state index in [1.54, 1.807) is 34.6 Å². The highest BCUT2D eigenvalue weighted by molar-refractivity contribution is 7.46. The van der Waals surface area contributed by atoms with Crippen molar-refractivity contribution >= 4 is 78.9 Å². The van der Waals surface area contributed by atoms with E-state index in [4.69, 9.17) is 28.7 Å². The van der Waals surface area contributed by atoms with Crippen molar-refractivity contribution in [2.75, 3.05) is 26.3 Å². The third kappa shape index (κ3) is 31.2. The number of carboxylic acids is 2. The summed E-state index contributed by atoms with van der Waals surface area (Å²) < 4.78 is 16.4. The average Bonchev–Trinajstić information content (AvgIpc) is 3.34. The van der Waals surface area contributed by atoms with Crippen LogP contribution < -0.4 is 71.2 Å². The molecule has 0 aromatic rings. The minimum Gasteiger partial charge on any atom is -0.481 e. The molecule has 0 unspecified atom stereocenters. The Labute approximate surface area is 465 Å². The number of nitrogens with zero attached hydrogens (tertiary/aromatic N) is 2. The summed E-state index contributed by atoms with van der Waals surface area (Å²) in [6.45, 7) is 11.6. The molecule has 0 saturated heterocycles. The number of phosphoric acid groups is 1. The van der Waals surface area contributed by atoms with Crippen LogP contribution in [0.3, 0.4) is 0 Å². The number of carbonyl (C=O) groups excluding carboxylic acids is 8. The third-order valence-corrected chi connectivity index (χ3v) is 12.3. The molecule has 0 rings (SSSR count). The van der Waals surface area contributed by atoms with Gasteiger partial charge in [-0.3, -0.25) is 57.7 Å². The average molecular weight is 1170 g/mol. The van der Waals surface area contributed by atoms with Gasteiger partial charge in [0.05, 0.1) is 19.3 Å². The number of guanidine groups is 2. The van der Waals surface area contributed by atoms with Crippen LogP contribution >= 0.6 is 7.82 Å². The number of carbonyl (C=O) groups is 10. The fraction of sp³-hybridized carbons (Fsp3) is 0.745. The standard InChI is InChI=1S/C47H88N15O17P/c1-9-26(8)36(48)44(73)60-32(20-25(6)7)39(68)59-30(18-23(2)3)40(69)61-33(21-63)42(71)56-28(14-15-35(64)65)38(67)58-31(19-24(4)5)41(70)62-34(22-79-80(76,77)78)43(72)55-27(12-10-16-53-46(49)50)37(66)57-29(45(74)75)13-11-17-54-47(51)52/h23-34,36,63H,9-22,48H2,1-8H3,(H,55,72)(H,56,71)(H,57,66)(H,58,67)(H,59,68)(H,60,73)(H,61,69)(H,62,70)(H,64,65)(H,74,75)(H4,49,50,53)(H4,51,52,54)(H2,76,77,78)/t26-,27-,28-,29-,30-,31-,32-,33-,34-,36-/m0/s1. The molecular formula is C47H88N15O17P. The van der Waals surface area contributed by atoms with Gasteiger partial charge in [-0.05, 0) is 75.0 Å². The van der Waals surface area contributed by atoms with Crippen molar-refractivity contribution in [3.8, 4) is 0 Å². The summed E-state index contributed by atoms with van der Waals surface area (Å²) >= 11 is 0. The lowest BCUT2D eigenvalue weighted by Crippen LogP contribution is -2.61. The van der Waals surface area contributed by atoms with E-state index < -0.39 is 153 Å². The van der Waals surface area contributed by atoms with Gasteiger partial charge in [-0.25, -0.2) is 9.36 Å². The van der Waals surface area contributed by atoms with Crippen LogP contribution in [0.25, 0.3) is 0 Å². The summed E-state index contributed by atoms with van der Waals surface area (Å²) in [5, 5.41) is 48.8. The smallest absolute Gasteiger partial charge is 0.469 e. The zero-order valence-corrected chi connectivity index (χ0v) is 47.7. The van der Waals surface area contributed by atoms with E-state index in [0.29, 0.717) is 6.42 Å². The van der Waals surface area contributed by atoms with Crippen molar-refractivity contribution in [3.05, 3.63) is 0 Å². The molecule has 0 saturated carbocycles. The molecule has 0 aromatic carbocycles. The van der Waals surface area contributed by atoms with E-state index in [2.05, 4.69) is 57.0 Å². The summed E-state index contributed by atoms with van der Waals surface area (Å²) in [5.74, 6) is -12.7. The maximum absolute atomic E-state index is 14.1. The zero-order valence-electron chi connectivity index (χ0n) is 46.8. The van der Waals surface area contributed by atoms with E-state index in [1.165, 1.54) is 0 Å². The highest BCUT2D eigenvalue weighted by atomic mass is 31.2. The van der Waals surface area contributed by atoms with Crippen LogP contribution in [0.4, 0.5) is 0 Å². The van der Waals surface area contributed by atoms with Crippen molar-refractivity contribution in [1.29, 1.82) is 0 Å². The molecule has 0 aliphatic heterocycles. The molecular weight excluding hydrogens is 1080 g/mol. The first kappa shape index (κ1) is 73.3. The molecule has 10 atom stereocenters. The fourth-order valence-electron chi connectivity index (χ4n) is 7.41. The second-order valence-electron chi connectivity index (χ2n) is 20.4. The molecule has 0 spiro atoms. The zero-order chi connectivity index (χ0) is 61.6. The van der Waals surface area contributed by atoms with Crippen LogP contribution in [-0.4, -0.2) is 177 Å². The molecule has 0 aliphatic rings. The van der Waals surface area contributed by atoms with Crippen LogP contribution in [0.5, 0.6) is 0 Å². The molecule has 32 nitrogen and oxygen atoms in total. The van der Waals surface area contributed by atoms with Crippen molar-refractivity contribution in [3.63, 3.8) is 0 Å². The van der Waals surface area contributed by atoms with Gasteiger partial charge in [0.25, 0.3) is 0 Å². The monoisotopic (exact) mass is 1170 g/mol. The van der Waals surface area contributed by atoms with Gasteiger partial charge in [0.15, 0.2) is 11.9 Å². The lowest BCUT2D eigenvalue weighted by Gasteiger charge is -2.28. The molecule has 23 N–H and O–H groups in total. The molecule has 0 radical (unpaired) electrons. The summed E-state index contributed by atoms with van der Waals surface area (Å²) in [4.78, 5) is 160. The molecule has 0 fully saturated rings. The molecule has 8 amide bonds. The van der Waals surface area contributed by atoms with Crippen molar-refractivity contribution in [2.45, 2.75) is 174 Å². The fourth-order valence-corrected chi connectivity index (χ4v) is 7.76. The number of nitrogens with two attached hydrogens (primary N) is 5. The third-order valence-electron chi connectivity index (χ3n) is 11.9. The Kier molecular flexibility index (Phi) is 34.1. The van der Waals surface area contributed by atoms with E-state index >= 15 is 0 Å². The van der Waals surface area contributed by atoms with Crippen molar-refractivity contribution in [1.82, 2.24) is 42.5 Å². The largest absolute Gasteiger partial charge is 0.481 e. The molecule has 0 aromatic heterocycles. The van der Waals surface area contributed by atoms with Gasteiger partial charge in [-0.15, -0.1) is 0 Å².